The average Bonchev–Trinajstić information content (AvgIpc) is 2.96. The van der Waals surface area contributed by atoms with Crippen molar-refractivity contribution in [1.82, 2.24) is 4.57 Å². The first-order chi connectivity index (χ1) is 12.1. The number of thiazole rings is 1. The van der Waals surface area contributed by atoms with Crippen molar-refractivity contribution in [2.45, 2.75) is 0 Å². The molecule has 25 heavy (non-hydrogen) atoms. The number of carbonyl (C=O) groups excluding carboxylic acids is 1. The predicted molar refractivity (Wildman–Crippen MR) is 96.8 cm³/mol. The van der Waals surface area contributed by atoms with Gasteiger partial charge in [-0.15, -0.1) is 0 Å². The Kier molecular flexibility index (Phi) is 4.76. The van der Waals surface area contributed by atoms with E-state index in [9.17, 15) is 4.79 Å². The molecule has 0 saturated carbocycles. The summed E-state index contributed by atoms with van der Waals surface area (Å²) >= 11 is 1.43. The van der Waals surface area contributed by atoms with Crippen LogP contribution in [-0.4, -0.2) is 31.8 Å². The van der Waals surface area contributed by atoms with Crippen LogP contribution in [0.4, 0.5) is 0 Å². The molecule has 0 atom stereocenters. The second-order valence-electron chi connectivity index (χ2n) is 5.24. The fourth-order valence-electron chi connectivity index (χ4n) is 2.56. The summed E-state index contributed by atoms with van der Waals surface area (Å²) in [4.78, 5) is 17.4. The minimum Gasteiger partial charge on any atom is -0.495 e. The molecule has 1 heterocycles. The van der Waals surface area contributed by atoms with Crippen LogP contribution in [0.25, 0.3) is 10.2 Å². The zero-order chi connectivity index (χ0) is 18.0. The highest BCUT2D eigenvalue weighted by molar-refractivity contribution is 7.16. The van der Waals surface area contributed by atoms with E-state index in [1.807, 2.05) is 29.8 Å². The largest absolute Gasteiger partial charge is 0.495 e. The van der Waals surface area contributed by atoms with Crippen LogP contribution in [0.3, 0.4) is 0 Å². The Morgan fingerprint density at radius 2 is 1.72 bits per heavy atom. The Morgan fingerprint density at radius 1 is 1.00 bits per heavy atom. The third kappa shape index (κ3) is 3.10. The Balaban J connectivity index is 2.08. The molecule has 0 aliphatic heterocycles. The second kappa shape index (κ2) is 6.98. The number of hydrogen-bond acceptors (Lipinski definition) is 5. The molecular weight excluding hydrogens is 340 g/mol. The molecule has 0 aliphatic rings. The van der Waals surface area contributed by atoms with Gasteiger partial charge in [0.05, 0.1) is 26.0 Å². The zero-order valence-corrected chi connectivity index (χ0v) is 15.2. The molecule has 1 amide bonds. The highest BCUT2D eigenvalue weighted by atomic mass is 32.1. The first kappa shape index (κ1) is 17.0. The summed E-state index contributed by atoms with van der Waals surface area (Å²) in [6.07, 6.45) is 0. The lowest BCUT2D eigenvalue weighted by Crippen LogP contribution is -2.13. The topological polar surface area (TPSA) is 62.0 Å². The van der Waals surface area contributed by atoms with Crippen LogP contribution in [0.5, 0.6) is 17.2 Å². The molecule has 0 bridgehead atoms. The van der Waals surface area contributed by atoms with Crippen molar-refractivity contribution in [3.63, 3.8) is 0 Å². The van der Waals surface area contributed by atoms with Gasteiger partial charge in [0.2, 0.25) is 0 Å². The Bertz CT molecular complexity index is 1000. The van der Waals surface area contributed by atoms with Crippen LogP contribution < -0.4 is 19.0 Å². The van der Waals surface area contributed by atoms with Crippen molar-refractivity contribution in [2.24, 2.45) is 12.0 Å². The number of methoxy groups -OCH3 is 3. The smallest absolute Gasteiger partial charge is 0.279 e. The fourth-order valence-corrected chi connectivity index (χ4v) is 3.60. The van der Waals surface area contributed by atoms with Gasteiger partial charge in [0.25, 0.3) is 5.91 Å². The van der Waals surface area contributed by atoms with Gasteiger partial charge in [0, 0.05) is 12.6 Å². The Hall–Kier alpha value is -2.80. The Labute approximate surface area is 148 Å². The van der Waals surface area contributed by atoms with E-state index in [4.69, 9.17) is 14.2 Å². The normalized spacial score (nSPS) is 11.6. The number of hydrogen-bond donors (Lipinski definition) is 0. The zero-order valence-electron chi connectivity index (χ0n) is 14.4. The number of rotatable bonds is 4. The molecule has 3 rings (SSSR count). The minimum absolute atomic E-state index is 0.345. The molecule has 2 aromatic carbocycles. The molecule has 0 fully saturated rings. The summed E-state index contributed by atoms with van der Waals surface area (Å²) in [5.41, 5.74) is 1.34. The van der Waals surface area contributed by atoms with Crippen LogP contribution in [-0.2, 0) is 7.05 Å². The van der Waals surface area contributed by atoms with Crippen LogP contribution in [0.15, 0.2) is 41.4 Å². The SMILES string of the molecule is COc1ccc(C(=O)N=c2sc3cccc(OC)c3n2C)cc1OC. The van der Waals surface area contributed by atoms with Crippen molar-refractivity contribution in [2.75, 3.05) is 21.3 Å². The van der Waals surface area contributed by atoms with E-state index in [1.54, 1.807) is 32.4 Å². The quantitative estimate of drug-likeness (QED) is 0.719. The number of aromatic nitrogens is 1. The van der Waals surface area contributed by atoms with Gasteiger partial charge in [-0.1, -0.05) is 17.4 Å². The van der Waals surface area contributed by atoms with Crippen molar-refractivity contribution in [3.05, 3.63) is 46.8 Å². The average molecular weight is 358 g/mol. The molecule has 0 N–H and O–H groups in total. The lowest BCUT2D eigenvalue weighted by molar-refractivity contribution is 0.0997. The molecule has 0 saturated heterocycles. The molecule has 1 aromatic heterocycles. The van der Waals surface area contributed by atoms with Crippen molar-refractivity contribution >= 4 is 27.5 Å². The first-order valence-electron chi connectivity index (χ1n) is 7.52. The number of ether oxygens (including phenoxy) is 3. The number of nitrogens with zero attached hydrogens (tertiary/aromatic N) is 2. The van der Waals surface area contributed by atoms with E-state index in [2.05, 4.69) is 4.99 Å². The molecule has 0 spiro atoms. The van der Waals surface area contributed by atoms with Gasteiger partial charge in [-0.25, -0.2) is 0 Å². The van der Waals surface area contributed by atoms with E-state index < -0.39 is 0 Å². The van der Waals surface area contributed by atoms with Gasteiger partial charge in [-0.05, 0) is 30.3 Å². The molecular formula is C18H18N2O4S. The van der Waals surface area contributed by atoms with Gasteiger partial charge < -0.3 is 18.8 Å². The highest BCUT2D eigenvalue weighted by Gasteiger charge is 2.12. The lowest BCUT2D eigenvalue weighted by atomic mass is 10.2. The van der Waals surface area contributed by atoms with Gasteiger partial charge >= 0.3 is 0 Å². The molecule has 7 heteroatoms. The van der Waals surface area contributed by atoms with Gasteiger partial charge in [-0.2, -0.15) is 4.99 Å². The van der Waals surface area contributed by atoms with Gasteiger partial charge in [0.1, 0.15) is 11.3 Å². The summed E-state index contributed by atoms with van der Waals surface area (Å²) < 4.78 is 18.7. The number of carbonyl (C=O) groups is 1. The monoisotopic (exact) mass is 358 g/mol. The van der Waals surface area contributed by atoms with Crippen LogP contribution >= 0.6 is 11.3 Å². The van der Waals surface area contributed by atoms with Crippen molar-refractivity contribution in [3.8, 4) is 17.2 Å². The number of benzene rings is 2. The maximum atomic E-state index is 12.6. The molecule has 130 valence electrons. The van der Waals surface area contributed by atoms with Crippen LogP contribution in [0, 0.1) is 0 Å². The predicted octanol–water partition coefficient (Wildman–Crippen LogP) is 3.01. The van der Waals surface area contributed by atoms with E-state index in [1.165, 1.54) is 18.4 Å². The maximum absolute atomic E-state index is 12.6. The van der Waals surface area contributed by atoms with Crippen LogP contribution in [0.1, 0.15) is 10.4 Å². The van der Waals surface area contributed by atoms with Crippen molar-refractivity contribution < 1.29 is 19.0 Å². The summed E-state index contributed by atoms with van der Waals surface area (Å²) in [6, 6.07) is 10.8. The summed E-state index contributed by atoms with van der Waals surface area (Å²) in [5.74, 6) is 1.46. The summed E-state index contributed by atoms with van der Waals surface area (Å²) in [5, 5.41) is 0. The number of fused-ring (bicyclic) bond motifs is 1. The summed E-state index contributed by atoms with van der Waals surface area (Å²) in [6.45, 7) is 0. The molecule has 0 radical (unpaired) electrons. The second-order valence-corrected chi connectivity index (χ2v) is 6.25. The minimum atomic E-state index is -0.345. The summed E-state index contributed by atoms with van der Waals surface area (Å²) in [7, 11) is 6.57. The standard InChI is InChI=1S/C18H18N2O4S/c1-20-16-13(23-3)6-5-7-15(16)25-18(20)19-17(21)11-8-9-12(22-2)14(10-11)24-4/h5-10H,1-4H3. The lowest BCUT2D eigenvalue weighted by Gasteiger charge is -2.07. The van der Waals surface area contributed by atoms with E-state index in [-0.39, 0.29) is 5.91 Å². The maximum Gasteiger partial charge on any atom is 0.279 e. The first-order valence-corrected chi connectivity index (χ1v) is 8.34. The Morgan fingerprint density at radius 3 is 2.40 bits per heavy atom. The van der Waals surface area contributed by atoms with E-state index >= 15 is 0 Å². The molecule has 0 unspecified atom stereocenters. The van der Waals surface area contributed by atoms with E-state index in [0.717, 1.165) is 16.0 Å². The number of amides is 1. The third-order valence-corrected chi connectivity index (χ3v) is 4.93. The fraction of sp³-hybridized carbons (Fsp3) is 0.222. The molecule has 6 nitrogen and oxygen atoms in total. The molecule has 3 aromatic rings. The van der Waals surface area contributed by atoms with Crippen LogP contribution in [0.2, 0.25) is 0 Å². The van der Waals surface area contributed by atoms with Gasteiger partial charge in [0.15, 0.2) is 16.3 Å². The molecule has 0 aliphatic carbocycles. The third-order valence-electron chi connectivity index (χ3n) is 3.83. The van der Waals surface area contributed by atoms with E-state index in [0.29, 0.717) is 21.9 Å². The van der Waals surface area contributed by atoms with Crippen molar-refractivity contribution in [1.29, 1.82) is 0 Å². The number of aryl methyl sites for hydroxylation is 1. The number of para-hydroxylation sites is 1. The highest BCUT2D eigenvalue weighted by Crippen LogP contribution is 2.28. The van der Waals surface area contributed by atoms with Gasteiger partial charge in [-0.3, -0.25) is 4.79 Å².